The number of para-hydroxylation sites is 1. The normalized spacial score (nSPS) is 12.3. The van der Waals surface area contributed by atoms with Crippen LogP contribution in [-0.2, 0) is 14.8 Å². The Morgan fingerprint density at radius 2 is 1.57 bits per heavy atom. The lowest BCUT2D eigenvalue weighted by molar-refractivity contribution is -0.122. The molecule has 1 atom stereocenters. The molecular weight excluding hydrogens is 316 g/mol. The maximum absolute atomic E-state index is 12.1. The topological polar surface area (TPSA) is 84.5 Å². The Kier molecular flexibility index (Phi) is 5.23. The van der Waals surface area contributed by atoms with Crippen LogP contribution < -0.4 is 14.8 Å². The van der Waals surface area contributed by atoms with E-state index in [0.29, 0.717) is 17.1 Å². The van der Waals surface area contributed by atoms with E-state index in [1.165, 1.54) is 0 Å². The molecule has 0 saturated carbocycles. The Morgan fingerprint density at radius 3 is 2.13 bits per heavy atom. The summed E-state index contributed by atoms with van der Waals surface area (Å²) in [7, 11) is -3.32. The molecule has 0 aliphatic heterocycles. The predicted octanol–water partition coefficient (Wildman–Crippen LogP) is 2.46. The third kappa shape index (κ3) is 5.63. The number of carbonyl (C=O) groups is 1. The first kappa shape index (κ1) is 16.8. The van der Waals surface area contributed by atoms with Gasteiger partial charge in [0.1, 0.15) is 5.75 Å². The zero-order chi connectivity index (χ0) is 16.9. The number of rotatable bonds is 6. The SMILES string of the molecule is C[C@H](Oc1ccccc1)C(=O)Nc1ccc(NS(C)(=O)=O)cc1. The molecule has 0 aromatic heterocycles. The van der Waals surface area contributed by atoms with Crippen molar-refractivity contribution < 1.29 is 17.9 Å². The molecule has 0 bridgehead atoms. The summed E-state index contributed by atoms with van der Waals surface area (Å²) in [6, 6.07) is 15.4. The Morgan fingerprint density at radius 1 is 1.00 bits per heavy atom. The van der Waals surface area contributed by atoms with Crippen LogP contribution in [0.2, 0.25) is 0 Å². The first-order valence-corrected chi connectivity index (χ1v) is 8.83. The standard InChI is InChI=1S/C16H18N2O4S/c1-12(22-15-6-4-3-5-7-15)16(19)17-13-8-10-14(11-9-13)18-23(2,20)21/h3-12,18H,1-2H3,(H,17,19)/t12-/m0/s1. The molecule has 0 saturated heterocycles. The van der Waals surface area contributed by atoms with Crippen molar-refractivity contribution in [2.45, 2.75) is 13.0 Å². The van der Waals surface area contributed by atoms with Crippen LogP contribution in [0.25, 0.3) is 0 Å². The molecule has 0 unspecified atom stereocenters. The molecule has 23 heavy (non-hydrogen) atoms. The van der Waals surface area contributed by atoms with Crippen molar-refractivity contribution in [1.29, 1.82) is 0 Å². The zero-order valence-electron chi connectivity index (χ0n) is 12.8. The number of ether oxygens (including phenoxy) is 1. The monoisotopic (exact) mass is 334 g/mol. The minimum Gasteiger partial charge on any atom is -0.481 e. The molecule has 1 amide bonds. The van der Waals surface area contributed by atoms with Crippen molar-refractivity contribution in [3.8, 4) is 5.75 Å². The van der Waals surface area contributed by atoms with E-state index in [0.717, 1.165) is 6.26 Å². The molecule has 0 radical (unpaired) electrons. The number of amides is 1. The van der Waals surface area contributed by atoms with Crippen molar-refractivity contribution in [2.75, 3.05) is 16.3 Å². The lowest BCUT2D eigenvalue weighted by Crippen LogP contribution is -2.30. The van der Waals surface area contributed by atoms with Crippen LogP contribution in [0.5, 0.6) is 5.75 Å². The van der Waals surface area contributed by atoms with Gasteiger partial charge in [-0.15, -0.1) is 0 Å². The molecule has 7 heteroatoms. The molecule has 2 aromatic rings. The second-order valence-electron chi connectivity index (χ2n) is 5.01. The van der Waals surface area contributed by atoms with Gasteiger partial charge < -0.3 is 10.1 Å². The fourth-order valence-corrected chi connectivity index (χ4v) is 2.40. The number of anilines is 2. The molecule has 122 valence electrons. The van der Waals surface area contributed by atoms with E-state index in [2.05, 4.69) is 10.0 Å². The molecule has 0 fully saturated rings. The van der Waals surface area contributed by atoms with E-state index in [1.807, 2.05) is 18.2 Å². The predicted molar refractivity (Wildman–Crippen MR) is 90.1 cm³/mol. The highest BCUT2D eigenvalue weighted by molar-refractivity contribution is 7.92. The summed E-state index contributed by atoms with van der Waals surface area (Å²) in [5.74, 6) is 0.320. The van der Waals surface area contributed by atoms with Crippen molar-refractivity contribution in [3.63, 3.8) is 0 Å². The van der Waals surface area contributed by atoms with Gasteiger partial charge in [0.05, 0.1) is 6.26 Å². The van der Waals surface area contributed by atoms with Gasteiger partial charge in [0, 0.05) is 11.4 Å². The van der Waals surface area contributed by atoms with Crippen LogP contribution in [0, 0.1) is 0 Å². The highest BCUT2D eigenvalue weighted by Gasteiger charge is 2.14. The first-order valence-electron chi connectivity index (χ1n) is 6.94. The summed E-state index contributed by atoms with van der Waals surface area (Å²) in [5, 5.41) is 2.71. The van der Waals surface area contributed by atoms with Gasteiger partial charge in [-0.3, -0.25) is 9.52 Å². The van der Waals surface area contributed by atoms with Gasteiger partial charge in [-0.1, -0.05) is 18.2 Å². The summed E-state index contributed by atoms with van der Waals surface area (Å²) in [5.41, 5.74) is 0.983. The van der Waals surface area contributed by atoms with Crippen LogP contribution in [0.3, 0.4) is 0 Å². The second kappa shape index (κ2) is 7.15. The largest absolute Gasteiger partial charge is 0.481 e. The second-order valence-corrected chi connectivity index (χ2v) is 6.76. The first-order chi connectivity index (χ1) is 10.8. The van der Waals surface area contributed by atoms with Crippen LogP contribution in [0.1, 0.15) is 6.92 Å². The van der Waals surface area contributed by atoms with Gasteiger partial charge in [-0.2, -0.15) is 0 Å². The highest BCUT2D eigenvalue weighted by Crippen LogP contribution is 2.16. The summed E-state index contributed by atoms with van der Waals surface area (Å²) in [4.78, 5) is 12.1. The van der Waals surface area contributed by atoms with Gasteiger partial charge in [0.25, 0.3) is 5.91 Å². The summed E-state index contributed by atoms with van der Waals surface area (Å²) < 4.78 is 30.1. The highest BCUT2D eigenvalue weighted by atomic mass is 32.2. The van der Waals surface area contributed by atoms with Crippen molar-refractivity contribution in [1.82, 2.24) is 0 Å². The number of hydrogen-bond donors (Lipinski definition) is 2. The Hall–Kier alpha value is -2.54. The third-order valence-electron chi connectivity index (χ3n) is 2.88. The van der Waals surface area contributed by atoms with E-state index in [1.54, 1.807) is 43.3 Å². The fraction of sp³-hybridized carbons (Fsp3) is 0.188. The molecule has 2 aromatic carbocycles. The van der Waals surface area contributed by atoms with Crippen LogP contribution >= 0.6 is 0 Å². The number of carbonyl (C=O) groups excluding carboxylic acids is 1. The molecule has 2 rings (SSSR count). The van der Waals surface area contributed by atoms with Crippen LogP contribution in [-0.4, -0.2) is 26.7 Å². The minimum absolute atomic E-state index is 0.294. The van der Waals surface area contributed by atoms with Gasteiger partial charge in [-0.25, -0.2) is 8.42 Å². The third-order valence-corrected chi connectivity index (χ3v) is 3.49. The lowest BCUT2D eigenvalue weighted by atomic mass is 10.2. The Balaban J connectivity index is 1.94. The van der Waals surface area contributed by atoms with E-state index < -0.39 is 16.1 Å². The minimum atomic E-state index is -3.32. The van der Waals surface area contributed by atoms with E-state index in [4.69, 9.17) is 4.74 Å². The maximum Gasteiger partial charge on any atom is 0.265 e. The Labute approximate surface area is 135 Å². The maximum atomic E-state index is 12.1. The molecule has 2 N–H and O–H groups in total. The van der Waals surface area contributed by atoms with Crippen LogP contribution in [0.4, 0.5) is 11.4 Å². The molecule has 6 nitrogen and oxygen atoms in total. The van der Waals surface area contributed by atoms with Gasteiger partial charge >= 0.3 is 0 Å². The summed E-state index contributed by atoms with van der Waals surface area (Å²) in [6.45, 7) is 1.65. The molecule has 0 aliphatic carbocycles. The van der Waals surface area contributed by atoms with Crippen molar-refractivity contribution >= 4 is 27.3 Å². The van der Waals surface area contributed by atoms with Crippen LogP contribution in [0.15, 0.2) is 54.6 Å². The summed E-state index contributed by atoms with van der Waals surface area (Å²) >= 11 is 0. The zero-order valence-corrected chi connectivity index (χ0v) is 13.6. The number of hydrogen-bond acceptors (Lipinski definition) is 4. The van der Waals surface area contributed by atoms with E-state index in [-0.39, 0.29) is 5.91 Å². The summed E-state index contributed by atoms with van der Waals surface area (Å²) in [6.07, 6.45) is 0.414. The number of benzene rings is 2. The molecule has 0 aliphatic rings. The van der Waals surface area contributed by atoms with Gasteiger partial charge in [-0.05, 0) is 43.3 Å². The van der Waals surface area contributed by atoms with E-state index in [9.17, 15) is 13.2 Å². The average Bonchev–Trinajstić information content (AvgIpc) is 2.48. The number of nitrogens with one attached hydrogen (secondary N) is 2. The van der Waals surface area contributed by atoms with E-state index >= 15 is 0 Å². The lowest BCUT2D eigenvalue weighted by Gasteiger charge is -2.15. The Bertz CT molecular complexity index is 758. The molecular formula is C16H18N2O4S. The molecule has 0 spiro atoms. The molecule has 0 heterocycles. The fourth-order valence-electron chi connectivity index (χ4n) is 1.84. The van der Waals surface area contributed by atoms with Gasteiger partial charge in [0.2, 0.25) is 10.0 Å². The van der Waals surface area contributed by atoms with Gasteiger partial charge in [0.15, 0.2) is 6.10 Å². The average molecular weight is 334 g/mol. The van der Waals surface area contributed by atoms with Crippen molar-refractivity contribution in [3.05, 3.63) is 54.6 Å². The van der Waals surface area contributed by atoms with Crippen molar-refractivity contribution in [2.24, 2.45) is 0 Å². The number of sulfonamides is 1. The smallest absolute Gasteiger partial charge is 0.265 e. The quantitative estimate of drug-likeness (QED) is 0.850.